The van der Waals surface area contributed by atoms with Crippen molar-refractivity contribution in [3.8, 4) is 17.2 Å². The van der Waals surface area contributed by atoms with Gasteiger partial charge in [-0.2, -0.15) is 0 Å². The molecule has 1 unspecified atom stereocenters. The second-order valence-electron chi connectivity index (χ2n) is 10.4. The molecule has 0 saturated carbocycles. The van der Waals surface area contributed by atoms with Crippen molar-refractivity contribution in [1.29, 1.82) is 0 Å². The molecule has 38 heavy (non-hydrogen) atoms. The van der Waals surface area contributed by atoms with Crippen LogP contribution in [0.5, 0.6) is 17.2 Å². The van der Waals surface area contributed by atoms with Crippen LogP contribution in [0.3, 0.4) is 0 Å². The summed E-state index contributed by atoms with van der Waals surface area (Å²) < 4.78 is 16.5. The van der Waals surface area contributed by atoms with E-state index >= 15 is 0 Å². The van der Waals surface area contributed by atoms with Gasteiger partial charge in [0.05, 0.1) is 21.3 Å². The zero-order valence-corrected chi connectivity index (χ0v) is 24.0. The summed E-state index contributed by atoms with van der Waals surface area (Å²) in [6.45, 7) is 10.8. The number of hydrogen-bond acceptors (Lipinski definition) is 6. The number of likely N-dealkylation sites (tertiary alicyclic amines) is 1. The van der Waals surface area contributed by atoms with Gasteiger partial charge >= 0.3 is 0 Å². The molecular weight excluding hydrogens is 478 g/mol. The van der Waals surface area contributed by atoms with Crippen molar-refractivity contribution in [2.24, 2.45) is 0 Å². The van der Waals surface area contributed by atoms with Gasteiger partial charge < -0.3 is 29.3 Å². The quantitative estimate of drug-likeness (QED) is 0.394. The fraction of sp³-hybridized carbons (Fsp3) is 0.516. The maximum Gasteiger partial charge on any atom is 0.254 e. The molecule has 1 aliphatic rings. The van der Waals surface area contributed by atoms with Gasteiger partial charge in [0, 0.05) is 37.3 Å². The molecule has 7 heteroatoms. The Bertz CT molecular complexity index is 1030. The fourth-order valence-electron chi connectivity index (χ4n) is 5.17. The first-order valence-corrected chi connectivity index (χ1v) is 13.6. The van der Waals surface area contributed by atoms with Crippen LogP contribution in [0.1, 0.15) is 56.0 Å². The number of nitrogens with zero attached hydrogens (tertiary/aromatic N) is 2. The second kappa shape index (κ2) is 14.8. The summed E-state index contributed by atoms with van der Waals surface area (Å²) in [5.41, 5.74) is 2.77. The predicted molar refractivity (Wildman–Crippen MR) is 154 cm³/mol. The largest absolute Gasteiger partial charge is 0.493 e. The maximum atomic E-state index is 13.8. The number of carbonyl (C=O) groups excluding carboxylic acids is 1. The van der Waals surface area contributed by atoms with Gasteiger partial charge in [-0.25, -0.2) is 0 Å². The first kappa shape index (κ1) is 29.5. The van der Waals surface area contributed by atoms with Crippen LogP contribution in [0, 0.1) is 0 Å². The van der Waals surface area contributed by atoms with Gasteiger partial charge in [0.15, 0.2) is 11.5 Å². The van der Waals surface area contributed by atoms with E-state index in [0.29, 0.717) is 48.0 Å². The van der Waals surface area contributed by atoms with Crippen LogP contribution in [-0.2, 0) is 0 Å². The first-order chi connectivity index (χ1) is 18.3. The fourth-order valence-corrected chi connectivity index (χ4v) is 5.17. The lowest BCUT2D eigenvalue weighted by Crippen LogP contribution is -2.48. The Morgan fingerprint density at radius 1 is 1.11 bits per heavy atom. The van der Waals surface area contributed by atoms with Crippen LogP contribution < -0.4 is 19.5 Å². The van der Waals surface area contributed by atoms with E-state index in [2.05, 4.69) is 49.2 Å². The van der Waals surface area contributed by atoms with E-state index in [1.54, 1.807) is 33.5 Å². The Morgan fingerprint density at radius 3 is 2.39 bits per heavy atom. The first-order valence-electron chi connectivity index (χ1n) is 13.6. The van der Waals surface area contributed by atoms with Gasteiger partial charge in [0.2, 0.25) is 5.75 Å². The van der Waals surface area contributed by atoms with E-state index in [1.165, 1.54) is 12.8 Å². The molecule has 0 aromatic heterocycles. The minimum absolute atomic E-state index is 0.0527. The van der Waals surface area contributed by atoms with E-state index in [-0.39, 0.29) is 5.91 Å². The molecule has 1 fully saturated rings. The number of nitrogens with one attached hydrogen (secondary N) is 1. The summed E-state index contributed by atoms with van der Waals surface area (Å²) >= 11 is 0. The molecule has 1 heterocycles. The lowest BCUT2D eigenvalue weighted by molar-refractivity contribution is 0.0758. The molecular formula is C31H45N3O4. The van der Waals surface area contributed by atoms with E-state index < -0.39 is 0 Å². The van der Waals surface area contributed by atoms with Gasteiger partial charge in [-0.05, 0) is 57.0 Å². The Balaban J connectivity index is 1.77. The van der Waals surface area contributed by atoms with Crippen molar-refractivity contribution in [2.45, 2.75) is 52.1 Å². The summed E-state index contributed by atoms with van der Waals surface area (Å²) in [5.74, 6) is 1.38. The highest BCUT2D eigenvalue weighted by Crippen LogP contribution is 2.38. The Hall–Kier alpha value is -3.03. The number of methoxy groups -OCH3 is 3. The van der Waals surface area contributed by atoms with Crippen molar-refractivity contribution >= 4 is 12.0 Å². The zero-order chi connectivity index (χ0) is 27.5. The number of ether oxygens (including phenoxy) is 3. The van der Waals surface area contributed by atoms with Crippen LogP contribution in [-0.4, -0.2) is 81.8 Å². The summed E-state index contributed by atoms with van der Waals surface area (Å²) in [5, 5.41) is 3.68. The Morgan fingerprint density at radius 2 is 1.79 bits per heavy atom. The number of benzene rings is 2. The maximum absolute atomic E-state index is 13.8. The second-order valence-corrected chi connectivity index (χ2v) is 10.4. The third-order valence-corrected chi connectivity index (χ3v) is 6.83. The number of piperidine rings is 1. The molecule has 2 aromatic rings. The third kappa shape index (κ3) is 8.50. The van der Waals surface area contributed by atoms with E-state index in [1.807, 2.05) is 23.1 Å². The van der Waals surface area contributed by atoms with Crippen molar-refractivity contribution in [3.63, 3.8) is 0 Å². The van der Waals surface area contributed by atoms with Crippen molar-refractivity contribution in [1.82, 2.24) is 15.1 Å². The molecule has 0 aliphatic carbocycles. The summed E-state index contributed by atoms with van der Waals surface area (Å²) in [7, 11) is 4.69. The molecule has 2 aromatic carbocycles. The smallest absolute Gasteiger partial charge is 0.254 e. The highest BCUT2D eigenvalue weighted by Gasteiger charge is 2.23. The molecule has 0 radical (unpaired) electrons. The van der Waals surface area contributed by atoms with E-state index in [0.717, 1.165) is 37.2 Å². The van der Waals surface area contributed by atoms with Crippen LogP contribution in [0.25, 0.3) is 6.08 Å². The summed E-state index contributed by atoms with van der Waals surface area (Å²) in [6.07, 6.45) is 5.48. The normalized spacial score (nSPS) is 16.4. The molecule has 1 saturated heterocycles. The molecule has 1 atom stereocenters. The molecule has 1 amide bonds. The lowest BCUT2D eigenvalue weighted by atomic mass is 10.0. The lowest BCUT2D eigenvalue weighted by Gasteiger charge is -2.34. The minimum Gasteiger partial charge on any atom is -0.493 e. The third-order valence-electron chi connectivity index (χ3n) is 6.83. The van der Waals surface area contributed by atoms with Crippen LogP contribution >= 0.6 is 0 Å². The van der Waals surface area contributed by atoms with Crippen molar-refractivity contribution in [3.05, 3.63) is 59.2 Å². The van der Waals surface area contributed by atoms with Gasteiger partial charge in [0.1, 0.15) is 0 Å². The molecule has 1 N–H and O–H groups in total. The Labute approximate surface area is 228 Å². The molecule has 3 rings (SSSR count). The predicted octanol–water partition coefficient (Wildman–Crippen LogP) is 5.11. The number of amides is 1. The molecule has 1 aliphatic heterocycles. The van der Waals surface area contributed by atoms with Gasteiger partial charge in [-0.3, -0.25) is 4.79 Å². The number of hydrogen-bond donors (Lipinski definition) is 1. The highest BCUT2D eigenvalue weighted by molar-refractivity contribution is 5.96. The van der Waals surface area contributed by atoms with Gasteiger partial charge in [-0.1, -0.05) is 55.8 Å². The average Bonchev–Trinajstić information content (AvgIpc) is 2.91. The van der Waals surface area contributed by atoms with Crippen LogP contribution in [0.15, 0.2) is 48.0 Å². The zero-order valence-electron chi connectivity index (χ0n) is 24.0. The molecule has 0 bridgehead atoms. The van der Waals surface area contributed by atoms with Crippen LogP contribution in [0.2, 0.25) is 0 Å². The topological polar surface area (TPSA) is 63.3 Å². The molecule has 208 valence electrons. The standard InChI is InChI=1S/C31H45N3O4/c1-23(2)32-27-14-10-15-33(22-27)16-11-17-34(21-24(3)18-25-12-8-7-9-13-25)31(35)26-19-28(36-4)30(38-6)29(20-26)37-5/h7-9,12-13,18-20,23,27,32H,10-11,14-17,21-22H2,1-6H3/b24-18+. The SMILES string of the molecule is COc1cc(C(=O)N(CCCN2CCCC(NC(C)C)C2)C/C(C)=C/c2ccccc2)cc(OC)c1OC. The number of carbonyl (C=O) groups is 1. The van der Waals surface area contributed by atoms with Crippen molar-refractivity contribution < 1.29 is 19.0 Å². The highest BCUT2D eigenvalue weighted by atomic mass is 16.5. The molecule has 0 spiro atoms. The van der Waals surface area contributed by atoms with E-state index in [9.17, 15) is 4.79 Å². The van der Waals surface area contributed by atoms with Gasteiger partial charge in [-0.15, -0.1) is 0 Å². The average molecular weight is 524 g/mol. The Kier molecular flexibility index (Phi) is 11.5. The monoisotopic (exact) mass is 523 g/mol. The van der Waals surface area contributed by atoms with Crippen molar-refractivity contribution in [2.75, 3.05) is 54.1 Å². The van der Waals surface area contributed by atoms with E-state index in [4.69, 9.17) is 14.2 Å². The molecule has 7 nitrogen and oxygen atoms in total. The van der Waals surface area contributed by atoms with Crippen LogP contribution in [0.4, 0.5) is 0 Å². The number of rotatable bonds is 13. The minimum atomic E-state index is -0.0527. The summed E-state index contributed by atoms with van der Waals surface area (Å²) in [4.78, 5) is 18.3. The van der Waals surface area contributed by atoms with Gasteiger partial charge in [0.25, 0.3) is 5.91 Å². The summed E-state index contributed by atoms with van der Waals surface area (Å²) in [6, 6.07) is 14.7.